The van der Waals surface area contributed by atoms with Crippen LogP contribution >= 0.6 is 0 Å². The number of carbonyl (C=O) groups excluding carboxylic acids is 1. The Bertz CT molecular complexity index is 874. The average molecular weight is 832 g/mol. The van der Waals surface area contributed by atoms with Crippen molar-refractivity contribution in [2.24, 2.45) is 0 Å². The van der Waals surface area contributed by atoms with Gasteiger partial charge in [0.05, 0.1) is 18.8 Å². The first-order valence-electron chi connectivity index (χ1n) is 26.7. The predicted octanol–water partition coefficient (Wildman–Crippen LogP) is 16.1. The summed E-state index contributed by atoms with van der Waals surface area (Å²) in [6, 6.07) is -0.812. The molecule has 0 heterocycles. The molecule has 0 saturated carbocycles. The van der Waals surface area contributed by atoms with E-state index in [0.29, 0.717) is 6.42 Å². The van der Waals surface area contributed by atoms with Crippen molar-refractivity contribution in [3.63, 3.8) is 0 Å². The molecule has 59 heavy (non-hydrogen) atoms. The van der Waals surface area contributed by atoms with Gasteiger partial charge in [-0.1, -0.05) is 282 Å². The highest BCUT2D eigenvalue weighted by atomic mass is 16.3. The van der Waals surface area contributed by atoms with Gasteiger partial charge in [0.2, 0.25) is 5.91 Å². The molecule has 0 spiro atoms. The third kappa shape index (κ3) is 44.7. The van der Waals surface area contributed by atoms with E-state index in [4.69, 9.17) is 0 Å². The summed E-state index contributed by atoms with van der Waals surface area (Å²) in [6.07, 6.45) is 62.5. The van der Waals surface area contributed by atoms with E-state index in [-0.39, 0.29) is 6.61 Å². The Morgan fingerprint density at radius 2 is 0.695 bits per heavy atom. The summed E-state index contributed by atoms with van der Waals surface area (Å²) in [7, 11) is 0. The molecule has 350 valence electrons. The standard InChI is InChI=1S/C54H105NO4/c1-3-5-7-9-11-13-15-17-19-21-23-25-27-29-30-32-34-36-38-40-42-44-46-48-52(57)51(50-56)55-54(59)53(58)49-47-45-43-41-39-37-35-33-31-28-26-24-22-20-18-16-14-12-10-8-6-4-2/h38,40,46,48,51-53,56-58H,3-37,39,41-45,47,49-50H2,1-2H3,(H,55,59)/b40-38+,48-46+. The minimum absolute atomic E-state index is 0.372. The number of rotatable bonds is 49. The summed E-state index contributed by atoms with van der Waals surface area (Å²) in [5.74, 6) is -0.507. The Morgan fingerprint density at radius 3 is 1.03 bits per heavy atom. The van der Waals surface area contributed by atoms with Crippen LogP contribution in [0.2, 0.25) is 0 Å². The minimum atomic E-state index is -1.10. The van der Waals surface area contributed by atoms with E-state index < -0.39 is 24.2 Å². The summed E-state index contributed by atoms with van der Waals surface area (Å²) < 4.78 is 0. The lowest BCUT2D eigenvalue weighted by Gasteiger charge is -2.21. The quantitative estimate of drug-likeness (QED) is 0.0363. The van der Waals surface area contributed by atoms with Crippen LogP contribution in [0, 0.1) is 0 Å². The fourth-order valence-electron chi connectivity index (χ4n) is 8.38. The highest BCUT2D eigenvalue weighted by molar-refractivity contribution is 5.80. The van der Waals surface area contributed by atoms with Crippen molar-refractivity contribution < 1.29 is 20.1 Å². The minimum Gasteiger partial charge on any atom is -0.394 e. The van der Waals surface area contributed by atoms with Gasteiger partial charge in [0.1, 0.15) is 6.10 Å². The Morgan fingerprint density at radius 1 is 0.407 bits per heavy atom. The van der Waals surface area contributed by atoms with Crippen LogP contribution in [0.3, 0.4) is 0 Å². The van der Waals surface area contributed by atoms with Crippen molar-refractivity contribution in [3.05, 3.63) is 24.3 Å². The Balaban J connectivity index is 3.61. The van der Waals surface area contributed by atoms with Gasteiger partial charge in [0.15, 0.2) is 0 Å². The van der Waals surface area contributed by atoms with Crippen molar-refractivity contribution in [2.45, 2.75) is 308 Å². The zero-order chi connectivity index (χ0) is 43.0. The number of hydrogen-bond donors (Lipinski definition) is 4. The van der Waals surface area contributed by atoms with Crippen LogP contribution in [0.15, 0.2) is 24.3 Å². The van der Waals surface area contributed by atoms with Gasteiger partial charge in [-0.25, -0.2) is 0 Å². The maximum Gasteiger partial charge on any atom is 0.249 e. The summed E-state index contributed by atoms with van der Waals surface area (Å²) in [6.45, 7) is 4.21. The number of amides is 1. The molecule has 0 rings (SSSR count). The largest absolute Gasteiger partial charge is 0.394 e. The van der Waals surface area contributed by atoms with E-state index >= 15 is 0 Å². The van der Waals surface area contributed by atoms with Crippen LogP contribution in [0.25, 0.3) is 0 Å². The predicted molar refractivity (Wildman–Crippen MR) is 259 cm³/mol. The molecule has 0 aromatic heterocycles. The Hall–Kier alpha value is -1.17. The van der Waals surface area contributed by atoms with E-state index in [0.717, 1.165) is 38.5 Å². The molecule has 5 nitrogen and oxygen atoms in total. The van der Waals surface area contributed by atoms with Crippen molar-refractivity contribution in [3.8, 4) is 0 Å². The van der Waals surface area contributed by atoms with Crippen LogP contribution in [-0.4, -0.2) is 46.1 Å². The van der Waals surface area contributed by atoms with Gasteiger partial charge in [0.25, 0.3) is 0 Å². The molecule has 0 saturated heterocycles. The van der Waals surface area contributed by atoms with Gasteiger partial charge in [-0.2, -0.15) is 0 Å². The van der Waals surface area contributed by atoms with Crippen LogP contribution < -0.4 is 5.32 Å². The third-order valence-electron chi connectivity index (χ3n) is 12.5. The molecule has 0 fully saturated rings. The normalized spacial score (nSPS) is 13.5. The van der Waals surface area contributed by atoms with Gasteiger partial charge >= 0.3 is 0 Å². The zero-order valence-electron chi connectivity index (χ0n) is 39.9. The number of nitrogens with one attached hydrogen (secondary N) is 1. The van der Waals surface area contributed by atoms with E-state index in [1.165, 1.54) is 231 Å². The smallest absolute Gasteiger partial charge is 0.249 e. The number of carbonyl (C=O) groups is 1. The number of aliphatic hydroxyl groups is 3. The van der Waals surface area contributed by atoms with Crippen LogP contribution in [-0.2, 0) is 4.79 Å². The van der Waals surface area contributed by atoms with E-state index in [1.54, 1.807) is 6.08 Å². The van der Waals surface area contributed by atoms with Crippen molar-refractivity contribution in [1.82, 2.24) is 5.32 Å². The molecule has 0 aromatic carbocycles. The van der Waals surface area contributed by atoms with Gasteiger partial charge < -0.3 is 20.6 Å². The summed E-state index contributed by atoms with van der Waals surface area (Å²) in [5.41, 5.74) is 0. The molecule has 0 aliphatic carbocycles. The monoisotopic (exact) mass is 832 g/mol. The number of hydrogen-bond acceptors (Lipinski definition) is 4. The first kappa shape index (κ1) is 57.8. The molecule has 5 heteroatoms. The van der Waals surface area contributed by atoms with E-state index in [9.17, 15) is 20.1 Å². The van der Waals surface area contributed by atoms with Crippen LogP contribution in [0.4, 0.5) is 0 Å². The van der Waals surface area contributed by atoms with Crippen LogP contribution in [0.5, 0.6) is 0 Å². The van der Waals surface area contributed by atoms with Crippen molar-refractivity contribution >= 4 is 5.91 Å². The molecule has 1 amide bonds. The molecular formula is C54H105NO4. The first-order chi connectivity index (χ1) is 29.1. The fraction of sp³-hybridized carbons (Fsp3) is 0.907. The number of allylic oxidation sites excluding steroid dienone is 3. The van der Waals surface area contributed by atoms with Crippen molar-refractivity contribution in [2.75, 3.05) is 6.61 Å². The lowest BCUT2D eigenvalue weighted by Crippen LogP contribution is -2.48. The number of aliphatic hydroxyl groups excluding tert-OH is 3. The second-order valence-electron chi connectivity index (χ2n) is 18.4. The van der Waals surface area contributed by atoms with Crippen molar-refractivity contribution in [1.29, 1.82) is 0 Å². The molecule has 4 N–H and O–H groups in total. The van der Waals surface area contributed by atoms with Gasteiger partial charge in [0, 0.05) is 0 Å². The van der Waals surface area contributed by atoms with Gasteiger partial charge in [-0.05, 0) is 32.1 Å². The maximum absolute atomic E-state index is 12.5. The average Bonchev–Trinajstić information content (AvgIpc) is 3.24. The lowest BCUT2D eigenvalue weighted by molar-refractivity contribution is -0.131. The molecule has 3 unspecified atom stereocenters. The second-order valence-corrected chi connectivity index (χ2v) is 18.4. The molecule has 0 aromatic rings. The van der Waals surface area contributed by atoms with E-state index in [2.05, 4.69) is 31.3 Å². The second kappa shape index (κ2) is 49.5. The summed E-state index contributed by atoms with van der Waals surface area (Å²) >= 11 is 0. The third-order valence-corrected chi connectivity index (χ3v) is 12.5. The molecule has 0 aliphatic rings. The maximum atomic E-state index is 12.5. The Kier molecular flexibility index (Phi) is 48.5. The molecule has 0 radical (unpaired) electrons. The molecule has 3 atom stereocenters. The number of unbranched alkanes of at least 4 members (excludes halogenated alkanes) is 39. The SMILES string of the molecule is CCCCCCCCCCCCCCCCCCC/C=C/CC/C=C/C(O)C(CO)NC(=O)C(O)CCCCCCCCCCCCCCCCCCCCCCCC. The van der Waals surface area contributed by atoms with E-state index in [1.807, 2.05) is 6.08 Å². The molecule has 0 bridgehead atoms. The zero-order valence-corrected chi connectivity index (χ0v) is 39.9. The highest BCUT2D eigenvalue weighted by Gasteiger charge is 2.22. The lowest BCUT2D eigenvalue weighted by atomic mass is 10.0. The highest BCUT2D eigenvalue weighted by Crippen LogP contribution is 2.17. The molecule has 0 aliphatic heterocycles. The van der Waals surface area contributed by atoms with Crippen LogP contribution in [0.1, 0.15) is 290 Å². The Labute approximate surface area is 369 Å². The van der Waals surface area contributed by atoms with Gasteiger partial charge in [-0.15, -0.1) is 0 Å². The molecular weight excluding hydrogens is 727 g/mol. The summed E-state index contributed by atoms with van der Waals surface area (Å²) in [5, 5.41) is 33.3. The van der Waals surface area contributed by atoms with Gasteiger partial charge in [-0.3, -0.25) is 4.79 Å². The fourth-order valence-corrected chi connectivity index (χ4v) is 8.38. The topological polar surface area (TPSA) is 89.8 Å². The summed E-state index contributed by atoms with van der Waals surface area (Å²) in [4.78, 5) is 12.5. The first-order valence-corrected chi connectivity index (χ1v) is 26.7.